The van der Waals surface area contributed by atoms with Gasteiger partial charge in [-0.25, -0.2) is 4.79 Å². The first-order valence-corrected chi connectivity index (χ1v) is 12.9. The van der Waals surface area contributed by atoms with Crippen LogP contribution in [0.3, 0.4) is 0 Å². The van der Waals surface area contributed by atoms with Gasteiger partial charge < -0.3 is 19.5 Å². The number of benzene rings is 1. The van der Waals surface area contributed by atoms with Crippen molar-refractivity contribution in [3.63, 3.8) is 0 Å². The summed E-state index contributed by atoms with van der Waals surface area (Å²) >= 11 is 1.53. The smallest absolute Gasteiger partial charge is 0.341 e. The Morgan fingerprint density at radius 1 is 1.15 bits per heavy atom. The van der Waals surface area contributed by atoms with Crippen LogP contribution in [0.4, 0.5) is 5.00 Å². The zero-order valence-electron chi connectivity index (χ0n) is 21.2. The number of amides is 1. The lowest BCUT2D eigenvalue weighted by atomic mass is 9.72. The van der Waals surface area contributed by atoms with Crippen molar-refractivity contribution in [1.82, 2.24) is 0 Å². The molecular formula is C27H37NO5S. The average Bonchev–Trinajstić information content (AvgIpc) is 3.15. The normalized spacial score (nSPS) is 15.4. The van der Waals surface area contributed by atoms with E-state index in [-0.39, 0.29) is 17.3 Å². The maximum atomic E-state index is 12.9. The van der Waals surface area contributed by atoms with E-state index in [1.165, 1.54) is 16.2 Å². The highest BCUT2D eigenvalue weighted by Crippen LogP contribution is 2.44. The van der Waals surface area contributed by atoms with Crippen molar-refractivity contribution in [2.75, 3.05) is 25.6 Å². The van der Waals surface area contributed by atoms with E-state index in [4.69, 9.17) is 14.2 Å². The molecule has 6 nitrogen and oxygen atoms in total. The molecule has 7 heteroatoms. The highest BCUT2D eigenvalue weighted by atomic mass is 32.1. The van der Waals surface area contributed by atoms with E-state index < -0.39 is 0 Å². The quantitative estimate of drug-likeness (QED) is 0.436. The molecular weight excluding hydrogens is 450 g/mol. The molecule has 0 fully saturated rings. The Balaban J connectivity index is 1.75. The second-order valence-electron chi connectivity index (χ2n) is 9.70. The molecule has 1 atom stereocenters. The summed E-state index contributed by atoms with van der Waals surface area (Å²) in [5, 5.41) is 3.63. The summed E-state index contributed by atoms with van der Waals surface area (Å²) in [4.78, 5) is 26.9. The number of fused-ring (bicyclic) bond motifs is 1. The summed E-state index contributed by atoms with van der Waals surface area (Å²) in [6, 6.07) is 5.72. The molecule has 1 amide bonds. The van der Waals surface area contributed by atoms with Crippen LogP contribution in [0.25, 0.3) is 0 Å². The SMILES string of the molecule is CCOC(=O)c1c(NC(=O)CCc2ccc(OCC)c(OC)c2)sc2c1CCC(C(C)(C)C)C2. The molecule has 1 aromatic heterocycles. The van der Waals surface area contributed by atoms with Crippen LogP contribution in [0.2, 0.25) is 0 Å². The minimum absolute atomic E-state index is 0.121. The van der Waals surface area contributed by atoms with E-state index in [2.05, 4.69) is 26.1 Å². The van der Waals surface area contributed by atoms with Gasteiger partial charge in [-0.15, -0.1) is 11.3 Å². The number of anilines is 1. The Labute approximate surface area is 207 Å². The van der Waals surface area contributed by atoms with Crippen LogP contribution < -0.4 is 14.8 Å². The van der Waals surface area contributed by atoms with E-state index in [1.54, 1.807) is 14.0 Å². The minimum atomic E-state index is -0.347. The lowest BCUT2D eigenvalue weighted by Gasteiger charge is -2.33. The fourth-order valence-electron chi connectivity index (χ4n) is 4.42. The molecule has 186 valence electrons. The van der Waals surface area contributed by atoms with Gasteiger partial charge in [-0.3, -0.25) is 4.79 Å². The third-order valence-corrected chi connectivity index (χ3v) is 7.56. The lowest BCUT2D eigenvalue weighted by Crippen LogP contribution is -2.26. The van der Waals surface area contributed by atoms with E-state index in [0.717, 1.165) is 30.4 Å². The van der Waals surface area contributed by atoms with Crippen LogP contribution in [0, 0.1) is 11.3 Å². The van der Waals surface area contributed by atoms with Crippen molar-refractivity contribution < 1.29 is 23.8 Å². The molecule has 1 unspecified atom stereocenters. The molecule has 1 heterocycles. The van der Waals surface area contributed by atoms with Gasteiger partial charge in [0, 0.05) is 11.3 Å². The number of methoxy groups -OCH3 is 1. The number of carbonyl (C=O) groups excluding carboxylic acids is 2. The summed E-state index contributed by atoms with van der Waals surface area (Å²) in [6.45, 7) is 11.4. The molecule has 1 aromatic carbocycles. The largest absolute Gasteiger partial charge is 0.493 e. The van der Waals surface area contributed by atoms with Crippen molar-refractivity contribution in [3.8, 4) is 11.5 Å². The van der Waals surface area contributed by atoms with E-state index >= 15 is 0 Å². The van der Waals surface area contributed by atoms with Gasteiger partial charge in [-0.05, 0) is 74.1 Å². The number of thiophene rings is 1. The number of hydrogen-bond acceptors (Lipinski definition) is 6. The Kier molecular flexibility index (Phi) is 8.63. The summed E-state index contributed by atoms with van der Waals surface area (Å²) in [5.74, 6) is 1.43. The minimum Gasteiger partial charge on any atom is -0.493 e. The summed E-state index contributed by atoms with van der Waals surface area (Å²) in [5.41, 5.74) is 2.79. The molecule has 1 aliphatic carbocycles. The Bertz CT molecular complexity index is 1020. The van der Waals surface area contributed by atoms with Crippen molar-refractivity contribution in [2.24, 2.45) is 11.3 Å². The van der Waals surface area contributed by atoms with Crippen molar-refractivity contribution in [3.05, 3.63) is 39.8 Å². The number of carbonyl (C=O) groups is 2. The van der Waals surface area contributed by atoms with E-state index in [1.807, 2.05) is 25.1 Å². The van der Waals surface area contributed by atoms with Crippen molar-refractivity contribution in [1.29, 1.82) is 0 Å². The van der Waals surface area contributed by atoms with Crippen molar-refractivity contribution >= 4 is 28.2 Å². The molecule has 2 aromatic rings. The number of rotatable bonds is 9. The van der Waals surface area contributed by atoms with Gasteiger partial charge in [0.25, 0.3) is 0 Å². The molecule has 0 radical (unpaired) electrons. The topological polar surface area (TPSA) is 73.9 Å². The zero-order chi connectivity index (χ0) is 24.9. The van der Waals surface area contributed by atoms with Gasteiger partial charge in [0.1, 0.15) is 5.00 Å². The van der Waals surface area contributed by atoms with Crippen LogP contribution in [0.15, 0.2) is 18.2 Å². The maximum Gasteiger partial charge on any atom is 0.341 e. The van der Waals surface area contributed by atoms with Crippen LogP contribution in [0.5, 0.6) is 11.5 Å². The molecule has 1 N–H and O–H groups in total. The summed E-state index contributed by atoms with van der Waals surface area (Å²) in [7, 11) is 1.61. The summed E-state index contributed by atoms with van der Waals surface area (Å²) < 4.78 is 16.3. The van der Waals surface area contributed by atoms with Gasteiger partial charge >= 0.3 is 5.97 Å². The van der Waals surface area contributed by atoms with E-state index in [9.17, 15) is 9.59 Å². The molecule has 1 aliphatic rings. The molecule has 3 rings (SSSR count). The highest BCUT2D eigenvalue weighted by molar-refractivity contribution is 7.17. The molecule has 0 saturated heterocycles. The fourth-order valence-corrected chi connectivity index (χ4v) is 5.75. The molecule has 34 heavy (non-hydrogen) atoms. The molecule has 0 bridgehead atoms. The number of esters is 1. The first kappa shape index (κ1) is 26.1. The Morgan fingerprint density at radius 3 is 2.56 bits per heavy atom. The second kappa shape index (κ2) is 11.3. The van der Waals surface area contributed by atoms with Gasteiger partial charge in [-0.2, -0.15) is 0 Å². The molecule has 0 aliphatic heterocycles. The lowest BCUT2D eigenvalue weighted by molar-refractivity contribution is -0.116. The first-order chi connectivity index (χ1) is 16.2. The van der Waals surface area contributed by atoms with Crippen LogP contribution in [-0.4, -0.2) is 32.2 Å². The third-order valence-electron chi connectivity index (χ3n) is 6.39. The fraction of sp³-hybridized carbons (Fsp3) is 0.556. The van der Waals surface area contributed by atoms with Crippen LogP contribution in [-0.2, 0) is 28.8 Å². The predicted octanol–water partition coefficient (Wildman–Crippen LogP) is 6.05. The predicted molar refractivity (Wildman–Crippen MR) is 136 cm³/mol. The molecule has 0 spiro atoms. The monoisotopic (exact) mass is 487 g/mol. The van der Waals surface area contributed by atoms with Crippen LogP contribution >= 0.6 is 11.3 Å². The number of ether oxygens (including phenoxy) is 3. The third kappa shape index (κ3) is 6.12. The van der Waals surface area contributed by atoms with Gasteiger partial charge in [0.05, 0.1) is 25.9 Å². The van der Waals surface area contributed by atoms with Gasteiger partial charge in [-0.1, -0.05) is 26.8 Å². The standard InChI is InChI=1S/C27H37NO5S/c1-7-32-20-13-9-17(15-21(20)31-6)10-14-23(29)28-25-24(26(30)33-8-2)19-12-11-18(27(3,4)5)16-22(19)34-25/h9,13,15,18H,7-8,10-12,14,16H2,1-6H3,(H,28,29). The average molecular weight is 488 g/mol. The van der Waals surface area contributed by atoms with Gasteiger partial charge in [0.2, 0.25) is 5.91 Å². The highest BCUT2D eigenvalue weighted by Gasteiger charge is 2.34. The van der Waals surface area contributed by atoms with E-state index in [0.29, 0.717) is 54.0 Å². The molecule has 0 saturated carbocycles. The zero-order valence-corrected chi connectivity index (χ0v) is 22.0. The maximum absolute atomic E-state index is 12.9. The first-order valence-electron chi connectivity index (χ1n) is 12.1. The van der Waals surface area contributed by atoms with Gasteiger partial charge in [0.15, 0.2) is 11.5 Å². The Hall–Kier alpha value is -2.54. The second-order valence-corrected chi connectivity index (χ2v) is 10.8. The summed E-state index contributed by atoms with van der Waals surface area (Å²) in [6.07, 6.45) is 3.65. The number of nitrogens with one attached hydrogen (secondary N) is 1. The van der Waals surface area contributed by atoms with Crippen molar-refractivity contribution in [2.45, 2.75) is 66.7 Å². The van der Waals surface area contributed by atoms with Crippen LogP contribution in [0.1, 0.15) is 73.8 Å². The Morgan fingerprint density at radius 2 is 1.91 bits per heavy atom. The number of hydrogen-bond donors (Lipinski definition) is 1. The number of aryl methyl sites for hydroxylation is 1.